The maximum Gasteiger partial charge on any atom is 0.315 e. The van der Waals surface area contributed by atoms with Gasteiger partial charge in [0.2, 0.25) is 0 Å². The van der Waals surface area contributed by atoms with Crippen molar-refractivity contribution in [3.63, 3.8) is 0 Å². The number of benzene rings is 1. The summed E-state index contributed by atoms with van der Waals surface area (Å²) in [4.78, 5) is 36.4. The molecule has 3 N–H and O–H groups in total. The van der Waals surface area contributed by atoms with E-state index in [9.17, 15) is 9.59 Å². The van der Waals surface area contributed by atoms with Crippen LogP contribution in [0, 0.1) is 6.92 Å². The Kier molecular flexibility index (Phi) is 6.25. The molecule has 3 rings (SSSR count). The molecule has 0 saturated heterocycles. The monoisotopic (exact) mass is 376 g/mol. The minimum Gasteiger partial charge on any atom is -0.334 e. The second-order valence-electron chi connectivity index (χ2n) is 6.00. The standard InChI is InChI=1S/C20H20N6O2/c1-14-21-10-8-17(25-14)13-24-20(28)23-12-15-5-4-6-16(11-15)26-19(27)18-7-2-3-9-22-18/h2-11H,12-13H2,1H3,(H,26,27)(H2,23,24,28). The van der Waals surface area contributed by atoms with Gasteiger partial charge >= 0.3 is 6.03 Å². The first-order chi connectivity index (χ1) is 13.6. The fourth-order valence-electron chi connectivity index (χ4n) is 2.47. The topological polar surface area (TPSA) is 109 Å². The van der Waals surface area contributed by atoms with Gasteiger partial charge in [-0.2, -0.15) is 0 Å². The molecule has 28 heavy (non-hydrogen) atoms. The smallest absolute Gasteiger partial charge is 0.315 e. The van der Waals surface area contributed by atoms with Crippen LogP contribution in [0.15, 0.2) is 60.9 Å². The molecule has 8 nitrogen and oxygen atoms in total. The zero-order valence-corrected chi connectivity index (χ0v) is 15.3. The Labute approximate surface area is 162 Å². The van der Waals surface area contributed by atoms with Crippen molar-refractivity contribution in [1.82, 2.24) is 25.6 Å². The fraction of sp³-hybridized carbons (Fsp3) is 0.150. The summed E-state index contributed by atoms with van der Waals surface area (Å²) in [6.45, 7) is 2.43. The van der Waals surface area contributed by atoms with E-state index in [0.717, 1.165) is 11.3 Å². The number of carbonyl (C=O) groups is 2. The van der Waals surface area contributed by atoms with Crippen molar-refractivity contribution in [1.29, 1.82) is 0 Å². The number of nitrogens with zero attached hydrogens (tertiary/aromatic N) is 3. The van der Waals surface area contributed by atoms with Crippen molar-refractivity contribution >= 4 is 17.6 Å². The Bertz CT molecular complexity index is 962. The Hall–Kier alpha value is -3.81. The highest BCUT2D eigenvalue weighted by molar-refractivity contribution is 6.02. The van der Waals surface area contributed by atoms with Crippen LogP contribution in [-0.2, 0) is 13.1 Å². The number of aryl methyl sites for hydroxylation is 1. The molecule has 0 aliphatic rings. The number of rotatable bonds is 6. The summed E-state index contributed by atoms with van der Waals surface area (Å²) in [7, 11) is 0. The number of aromatic nitrogens is 3. The second-order valence-corrected chi connectivity index (χ2v) is 6.00. The summed E-state index contributed by atoms with van der Waals surface area (Å²) < 4.78 is 0. The molecular weight excluding hydrogens is 356 g/mol. The zero-order valence-electron chi connectivity index (χ0n) is 15.3. The van der Waals surface area contributed by atoms with E-state index in [1.54, 1.807) is 55.7 Å². The molecule has 142 valence electrons. The van der Waals surface area contributed by atoms with E-state index in [1.807, 2.05) is 12.1 Å². The summed E-state index contributed by atoms with van der Waals surface area (Å²) in [5.41, 5.74) is 2.56. The van der Waals surface area contributed by atoms with E-state index in [4.69, 9.17) is 0 Å². The molecule has 8 heteroatoms. The van der Waals surface area contributed by atoms with Gasteiger partial charge in [0.1, 0.15) is 11.5 Å². The summed E-state index contributed by atoms with van der Waals surface area (Å²) >= 11 is 0. The maximum atomic E-state index is 12.2. The van der Waals surface area contributed by atoms with Crippen molar-refractivity contribution in [2.75, 3.05) is 5.32 Å². The van der Waals surface area contributed by atoms with Crippen molar-refractivity contribution in [2.45, 2.75) is 20.0 Å². The quantitative estimate of drug-likeness (QED) is 0.612. The first-order valence-electron chi connectivity index (χ1n) is 8.72. The molecule has 3 amide bonds. The van der Waals surface area contributed by atoms with Crippen LogP contribution >= 0.6 is 0 Å². The number of pyridine rings is 1. The Morgan fingerprint density at radius 3 is 2.57 bits per heavy atom. The maximum absolute atomic E-state index is 12.2. The van der Waals surface area contributed by atoms with Gasteiger partial charge in [-0.25, -0.2) is 14.8 Å². The third-order valence-electron chi connectivity index (χ3n) is 3.80. The van der Waals surface area contributed by atoms with Crippen molar-refractivity contribution in [2.24, 2.45) is 0 Å². The number of amides is 3. The summed E-state index contributed by atoms with van der Waals surface area (Å²) in [5.74, 6) is 0.368. The summed E-state index contributed by atoms with van der Waals surface area (Å²) in [5, 5.41) is 8.32. The number of urea groups is 1. The van der Waals surface area contributed by atoms with E-state index in [-0.39, 0.29) is 11.9 Å². The van der Waals surface area contributed by atoms with E-state index < -0.39 is 0 Å². The largest absolute Gasteiger partial charge is 0.334 e. The number of nitrogens with one attached hydrogen (secondary N) is 3. The van der Waals surface area contributed by atoms with Crippen LogP contribution in [0.2, 0.25) is 0 Å². The SMILES string of the molecule is Cc1nccc(CNC(=O)NCc2cccc(NC(=O)c3ccccn3)c2)n1. The molecule has 0 aliphatic heterocycles. The van der Waals surface area contributed by atoms with Gasteiger partial charge in [0.05, 0.1) is 12.2 Å². The average molecular weight is 376 g/mol. The van der Waals surface area contributed by atoms with Gasteiger partial charge in [-0.3, -0.25) is 9.78 Å². The minimum atomic E-state index is -0.306. The van der Waals surface area contributed by atoms with Gasteiger partial charge in [0.15, 0.2) is 0 Å². The van der Waals surface area contributed by atoms with Crippen LogP contribution in [0.5, 0.6) is 0 Å². The Balaban J connectivity index is 1.50. The van der Waals surface area contributed by atoms with Gasteiger partial charge in [0.25, 0.3) is 5.91 Å². The molecule has 2 heterocycles. The van der Waals surface area contributed by atoms with Crippen molar-refractivity contribution in [3.05, 3.63) is 83.7 Å². The van der Waals surface area contributed by atoms with Crippen LogP contribution in [0.3, 0.4) is 0 Å². The fourth-order valence-corrected chi connectivity index (χ4v) is 2.47. The average Bonchev–Trinajstić information content (AvgIpc) is 2.72. The number of hydrogen-bond donors (Lipinski definition) is 3. The van der Waals surface area contributed by atoms with Gasteiger partial charge in [-0.1, -0.05) is 18.2 Å². The number of carbonyl (C=O) groups excluding carboxylic acids is 2. The predicted molar refractivity (Wildman–Crippen MR) is 104 cm³/mol. The highest BCUT2D eigenvalue weighted by atomic mass is 16.2. The molecule has 0 aliphatic carbocycles. The zero-order chi connectivity index (χ0) is 19.8. The molecule has 3 aromatic rings. The van der Waals surface area contributed by atoms with Crippen LogP contribution in [0.25, 0.3) is 0 Å². The third kappa shape index (κ3) is 5.60. The lowest BCUT2D eigenvalue weighted by atomic mass is 10.2. The van der Waals surface area contributed by atoms with Gasteiger partial charge in [-0.05, 0) is 42.8 Å². The molecule has 0 bridgehead atoms. The van der Waals surface area contributed by atoms with Crippen molar-refractivity contribution in [3.8, 4) is 0 Å². The Morgan fingerprint density at radius 1 is 0.929 bits per heavy atom. The molecule has 2 aromatic heterocycles. The lowest BCUT2D eigenvalue weighted by Crippen LogP contribution is -2.34. The van der Waals surface area contributed by atoms with Crippen LogP contribution in [0.1, 0.15) is 27.6 Å². The molecule has 0 atom stereocenters. The number of hydrogen-bond acceptors (Lipinski definition) is 5. The highest BCUT2D eigenvalue weighted by Gasteiger charge is 2.07. The molecule has 0 unspecified atom stereocenters. The van der Waals surface area contributed by atoms with Crippen LogP contribution < -0.4 is 16.0 Å². The van der Waals surface area contributed by atoms with Crippen molar-refractivity contribution < 1.29 is 9.59 Å². The highest BCUT2D eigenvalue weighted by Crippen LogP contribution is 2.11. The summed E-state index contributed by atoms with van der Waals surface area (Å²) in [6, 6.07) is 13.8. The van der Waals surface area contributed by atoms with Crippen LogP contribution in [-0.4, -0.2) is 26.9 Å². The first-order valence-corrected chi connectivity index (χ1v) is 8.72. The number of anilines is 1. The van der Waals surface area contributed by atoms with Crippen LogP contribution in [0.4, 0.5) is 10.5 Å². The van der Waals surface area contributed by atoms with Gasteiger partial charge in [0, 0.05) is 24.6 Å². The minimum absolute atomic E-state index is 0.288. The molecule has 1 aromatic carbocycles. The van der Waals surface area contributed by atoms with E-state index in [2.05, 4.69) is 30.9 Å². The second kappa shape index (κ2) is 9.22. The first kappa shape index (κ1) is 19.0. The molecule has 0 saturated carbocycles. The van der Waals surface area contributed by atoms with Gasteiger partial charge < -0.3 is 16.0 Å². The molecule has 0 radical (unpaired) electrons. The molecule has 0 fully saturated rings. The predicted octanol–water partition coefficient (Wildman–Crippen LogP) is 2.43. The Morgan fingerprint density at radius 2 is 1.79 bits per heavy atom. The van der Waals surface area contributed by atoms with E-state index in [0.29, 0.717) is 30.3 Å². The van der Waals surface area contributed by atoms with E-state index in [1.165, 1.54) is 0 Å². The summed E-state index contributed by atoms with van der Waals surface area (Å²) in [6.07, 6.45) is 3.22. The van der Waals surface area contributed by atoms with E-state index >= 15 is 0 Å². The molecule has 0 spiro atoms. The lowest BCUT2D eigenvalue weighted by Gasteiger charge is -2.09. The lowest BCUT2D eigenvalue weighted by molar-refractivity contribution is 0.102. The third-order valence-corrected chi connectivity index (χ3v) is 3.80. The molecular formula is C20H20N6O2. The van der Waals surface area contributed by atoms with Gasteiger partial charge in [-0.15, -0.1) is 0 Å². The normalized spacial score (nSPS) is 10.2.